The summed E-state index contributed by atoms with van der Waals surface area (Å²) in [6, 6.07) is 2.03. The Morgan fingerprint density at radius 2 is 2.31 bits per heavy atom. The summed E-state index contributed by atoms with van der Waals surface area (Å²) >= 11 is 2.26. The number of H-pyrrole nitrogens is 1. The van der Waals surface area contributed by atoms with Crippen molar-refractivity contribution in [2.75, 3.05) is 7.11 Å². The second-order valence-corrected chi connectivity index (χ2v) is 3.95. The number of fused-ring (bicyclic) bond motifs is 1. The lowest BCUT2D eigenvalue weighted by Crippen LogP contribution is -1.89. The van der Waals surface area contributed by atoms with Crippen LogP contribution in [-0.4, -0.2) is 17.3 Å². The van der Waals surface area contributed by atoms with Gasteiger partial charge in [0, 0.05) is 5.39 Å². The van der Waals surface area contributed by atoms with Crippen LogP contribution in [-0.2, 0) is 0 Å². The Balaban J connectivity index is 2.85. The molecule has 0 fully saturated rings. The van der Waals surface area contributed by atoms with Crippen molar-refractivity contribution in [3.8, 4) is 5.75 Å². The Morgan fingerprint density at radius 3 is 3.00 bits per heavy atom. The SMILES string of the molecule is COc1cc(C)c2cn[nH]c2c1I. The topological polar surface area (TPSA) is 37.9 Å². The van der Waals surface area contributed by atoms with Crippen LogP contribution < -0.4 is 4.74 Å². The van der Waals surface area contributed by atoms with Crippen molar-refractivity contribution < 1.29 is 4.74 Å². The Labute approximate surface area is 89.6 Å². The third kappa shape index (κ3) is 1.29. The van der Waals surface area contributed by atoms with Gasteiger partial charge in [-0.25, -0.2) is 0 Å². The van der Waals surface area contributed by atoms with Gasteiger partial charge in [-0.2, -0.15) is 5.10 Å². The van der Waals surface area contributed by atoms with E-state index in [1.165, 1.54) is 5.56 Å². The maximum atomic E-state index is 5.25. The van der Waals surface area contributed by atoms with Gasteiger partial charge in [0.25, 0.3) is 0 Å². The number of aromatic nitrogens is 2. The van der Waals surface area contributed by atoms with Crippen molar-refractivity contribution in [1.82, 2.24) is 10.2 Å². The van der Waals surface area contributed by atoms with Crippen LogP contribution in [0.3, 0.4) is 0 Å². The van der Waals surface area contributed by atoms with Gasteiger partial charge < -0.3 is 4.74 Å². The molecule has 0 atom stereocenters. The molecule has 1 N–H and O–H groups in total. The number of halogens is 1. The van der Waals surface area contributed by atoms with Crippen molar-refractivity contribution in [3.05, 3.63) is 21.4 Å². The smallest absolute Gasteiger partial charge is 0.134 e. The molecule has 2 rings (SSSR count). The Morgan fingerprint density at radius 1 is 1.54 bits per heavy atom. The highest BCUT2D eigenvalue weighted by Gasteiger charge is 2.09. The summed E-state index contributed by atoms with van der Waals surface area (Å²) in [7, 11) is 1.68. The summed E-state index contributed by atoms with van der Waals surface area (Å²) in [5.41, 5.74) is 2.23. The van der Waals surface area contributed by atoms with E-state index in [4.69, 9.17) is 4.74 Å². The van der Waals surface area contributed by atoms with Gasteiger partial charge in [0.15, 0.2) is 0 Å². The molecule has 13 heavy (non-hydrogen) atoms. The predicted octanol–water partition coefficient (Wildman–Crippen LogP) is 2.48. The first-order chi connectivity index (χ1) is 6.24. The summed E-state index contributed by atoms with van der Waals surface area (Å²) in [5, 5.41) is 8.14. The molecule has 0 unspecified atom stereocenters. The maximum absolute atomic E-state index is 5.25. The monoisotopic (exact) mass is 288 g/mol. The highest BCUT2D eigenvalue weighted by Crippen LogP contribution is 2.30. The fourth-order valence-corrected chi connectivity index (χ4v) is 2.15. The lowest BCUT2D eigenvalue weighted by molar-refractivity contribution is 0.412. The molecule has 0 bridgehead atoms. The zero-order valence-electron chi connectivity index (χ0n) is 7.39. The molecule has 0 spiro atoms. The number of methoxy groups -OCH3 is 1. The number of aromatic amines is 1. The van der Waals surface area contributed by atoms with Gasteiger partial charge in [-0.15, -0.1) is 0 Å². The molecule has 0 amide bonds. The summed E-state index contributed by atoms with van der Waals surface area (Å²) in [4.78, 5) is 0. The lowest BCUT2D eigenvalue weighted by Gasteiger charge is -2.05. The lowest BCUT2D eigenvalue weighted by atomic mass is 10.1. The number of nitrogens with one attached hydrogen (secondary N) is 1. The van der Waals surface area contributed by atoms with E-state index in [-0.39, 0.29) is 0 Å². The minimum absolute atomic E-state index is 0.898. The molecule has 1 aromatic carbocycles. The minimum Gasteiger partial charge on any atom is -0.496 e. The van der Waals surface area contributed by atoms with Crippen LogP contribution in [0.25, 0.3) is 10.9 Å². The number of aryl methyl sites for hydroxylation is 1. The molecule has 0 aliphatic rings. The number of nitrogens with zero attached hydrogens (tertiary/aromatic N) is 1. The molecule has 0 radical (unpaired) electrons. The first-order valence-corrected chi connectivity index (χ1v) is 4.98. The van der Waals surface area contributed by atoms with Crippen molar-refractivity contribution in [2.45, 2.75) is 6.92 Å². The van der Waals surface area contributed by atoms with E-state index in [0.29, 0.717) is 0 Å². The number of rotatable bonds is 1. The standard InChI is InChI=1S/C9H9IN2O/c1-5-3-7(13-2)8(10)9-6(5)4-11-12-9/h3-4H,1-2H3,(H,11,12). The summed E-state index contributed by atoms with van der Waals surface area (Å²) in [5.74, 6) is 0.898. The van der Waals surface area contributed by atoms with Gasteiger partial charge in [0.1, 0.15) is 5.75 Å². The van der Waals surface area contributed by atoms with Crippen molar-refractivity contribution in [1.29, 1.82) is 0 Å². The van der Waals surface area contributed by atoms with Crippen LogP contribution >= 0.6 is 22.6 Å². The average Bonchev–Trinajstić information content (AvgIpc) is 2.60. The van der Waals surface area contributed by atoms with E-state index >= 15 is 0 Å². The number of hydrogen-bond acceptors (Lipinski definition) is 2. The number of ether oxygens (including phenoxy) is 1. The van der Waals surface area contributed by atoms with Gasteiger partial charge in [0.05, 0.1) is 22.4 Å². The average molecular weight is 288 g/mol. The van der Waals surface area contributed by atoms with Gasteiger partial charge in [-0.05, 0) is 41.1 Å². The minimum atomic E-state index is 0.898. The van der Waals surface area contributed by atoms with Crippen molar-refractivity contribution >= 4 is 33.5 Å². The molecular weight excluding hydrogens is 279 g/mol. The zero-order valence-corrected chi connectivity index (χ0v) is 9.55. The van der Waals surface area contributed by atoms with Crippen molar-refractivity contribution in [3.63, 3.8) is 0 Å². The molecule has 0 saturated carbocycles. The van der Waals surface area contributed by atoms with Gasteiger partial charge in [-0.3, -0.25) is 5.10 Å². The molecule has 2 aromatic rings. The molecule has 3 nitrogen and oxygen atoms in total. The molecule has 0 saturated heterocycles. The summed E-state index contributed by atoms with van der Waals surface area (Å²) in [6.45, 7) is 2.05. The fraction of sp³-hybridized carbons (Fsp3) is 0.222. The second kappa shape index (κ2) is 3.17. The maximum Gasteiger partial charge on any atom is 0.134 e. The van der Waals surface area contributed by atoms with Gasteiger partial charge in [0.2, 0.25) is 0 Å². The molecule has 1 heterocycles. The second-order valence-electron chi connectivity index (χ2n) is 2.87. The quantitative estimate of drug-likeness (QED) is 0.819. The number of hydrogen-bond donors (Lipinski definition) is 1. The molecular formula is C9H9IN2O. The van der Waals surface area contributed by atoms with Crippen LogP contribution in [0.15, 0.2) is 12.3 Å². The van der Waals surface area contributed by atoms with Crippen LogP contribution in [0.5, 0.6) is 5.75 Å². The van der Waals surface area contributed by atoms with Crippen LogP contribution in [0, 0.1) is 10.5 Å². The fourth-order valence-electron chi connectivity index (χ4n) is 1.36. The van der Waals surface area contributed by atoms with Crippen LogP contribution in [0.2, 0.25) is 0 Å². The van der Waals surface area contributed by atoms with Crippen molar-refractivity contribution in [2.24, 2.45) is 0 Å². The van der Waals surface area contributed by atoms with Crippen LogP contribution in [0.1, 0.15) is 5.56 Å². The number of benzene rings is 1. The molecule has 4 heteroatoms. The zero-order chi connectivity index (χ0) is 9.42. The Kier molecular flexibility index (Phi) is 2.15. The Hall–Kier alpha value is -0.780. The van der Waals surface area contributed by atoms with E-state index in [1.807, 2.05) is 12.3 Å². The molecule has 1 aromatic heterocycles. The predicted molar refractivity (Wildman–Crippen MR) is 60.1 cm³/mol. The summed E-state index contributed by atoms with van der Waals surface area (Å²) in [6.07, 6.45) is 1.84. The third-order valence-electron chi connectivity index (χ3n) is 2.07. The summed E-state index contributed by atoms with van der Waals surface area (Å²) < 4.78 is 6.33. The van der Waals surface area contributed by atoms with Crippen LogP contribution in [0.4, 0.5) is 0 Å². The highest BCUT2D eigenvalue weighted by atomic mass is 127. The van der Waals surface area contributed by atoms with E-state index < -0.39 is 0 Å². The van der Waals surface area contributed by atoms with Gasteiger partial charge in [-0.1, -0.05) is 0 Å². The van der Waals surface area contributed by atoms with E-state index in [2.05, 4.69) is 39.7 Å². The molecule has 0 aliphatic heterocycles. The van der Waals surface area contributed by atoms with E-state index in [0.717, 1.165) is 20.2 Å². The highest BCUT2D eigenvalue weighted by molar-refractivity contribution is 14.1. The van der Waals surface area contributed by atoms with Gasteiger partial charge >= 0.3 is 0 Å². The first-order valence-electron chi connectivity index (χ1n) is 3.90. The third-order valence-corrected chi connectivity index (χ3v) is 3.14. The first kappa shape index (κ1) is 8.80. The molecule has 0 aliphatic carbocycles. The van der Waals surface area contributed by atoms with E-state index in [1.54, 1.807) is 7.11 Å². The largest absolute Gasteiger partial charge is 0.496 e. The Bertz CT molecular complexity index is 450. The van der Waals surface area contributed by atoms with E-state index in [9.17, 15) is 0 Å². The normalized spacial score (nSPS) is 10.7. The molecule has 68 valence electrons.